The summed E-state index contributed by atoms with van der Waals surface area (Å²) in [6, 6.07) is 15.7. The van der Waals surface area contributed by atoms with Gasteiger partial charge in [0.2, 0.25) is 11.8 Å². The van der Waals surface area contributed by atoms with Crippen molar-refractivity contribution in [2.75, 3.05) is 37.7 Å². The summed E-state index contributed by atoms with van der Waals surface area (Å²) in [5, 5.41) is 13.8. The van der Waals surface area contributed by atoms with E-state index < -0.39 is 10.5 Å². The molecule has 3 amide bonds. The second-order valence-corrected chi connectivity index (χ2v) is 10.3. The van der Waals surface area contributed by atoms with Crippen LogP contribution in [0.1, 0.15) is 38.7 Å². The minimum absolute atomic E-state index is 0.000964. The number of nitro benzene ring substituents is 1. The summed E-state index contributed by atoms with van der Waals surface area (Å²) >= 11 is 0. The third-order valence-corrected chi connectivity index (χ3v) is 7.69. The largest absolute Gasteiger partial charge is 0.354 e. The van der Waals surface area contributed by atoms with Gasteiger partial charge in [-0.3, -0.25) is 24.5 Å². The lowest BCUT2D eigenvalue weighted by Gasteiger charge is -2.43. The van der Waals surface area contributed by atoms with E-state index in [-0.39, 0.29) is 30.0 Å². The molecule has 2 fully saturated rings. The van der Waals surface area contributed by atoms with Gasteiger partial charge in [-0.15, -0.1) is 0 Å². The Bertz CT molecular complexity index is 1220. The van der Waals surface area contributed by atoms with Gasteiger partial charge >= 0.3 is 0 Å². The number of nitro groups is 1. The number of hydrogen-bond donors (Lipinski definition) is 1. The Kier molecular flexibility index (Phi) is 8.63. The van der Waals surface area contributed by atoms with E-state index in [9.17, 15) is 24.5 Å². The van der Waals surface area contributed by atoms with Crippen LogP contribution in [0.15, 0.2) is 60.7 Å². The standard InChI is InChI=1S/C29H35N5O5/c1-3-22(2)19-30-26(35)20-32-21-33(24-7-5-4-6-8-24)29(28(32)37)15-17-31(18-16-29)27(36)14-11-23-9-12-25(13-10-23)34(38)39/h4-14,22H,3,15-21H2,1-2H3,(H,30,35). The molecular weight excluding hydrogens is 498 g/mol. The van der Waals surface area contributed by atoms with Crippen LogP contribution in [-0.2, 0) is 14.4 Å². The molecule has 10 heteroatoms. The lowest BCUT2D eigenvalue weighted by atomic mass is 9.85. The molecule has 0 saturated carbocycles. The molecule has 0 aliphatic carbocycles. The Balaban J connectivity index is 1.44. The SMILES string of the molecule is CCC(C)CNC(=O)CN1CN(c2ccccc2)C2(CCN(C(=O)C=Cc3ccc([N+](=O)[O-])cc3)CC2)C1=O. The number of non-ortho nitro benzene ring substituents is 1. The summed E-state index contributed by atoms with van der Waals surface area (Å²) in [5.74, 6) is -0.0656. The van der Waals surface area contributed by atoms with Gasteiger partial charge in [0.1, 0.15) is 12.1 Å². The number of rotatable bonds is 9. The molecule has 1 N–H and O–H groups in total. The first-order valence-electron chi connectivity index (χ1n) is 13.3. The van der Waals surface area contributed by atoms with Gasteiger partial charge in [0.05, 0.1) is 11.6 Å². The number of carbonyl (C=O) groups excluding carboxylic acids is 3. The molecule has 4 rings (SSSR count). The average Bonchev–Trinajstić information content (AvgIpc) is 3.21. The Hall–Kier alpha value is -4.21. The van der Waals surface area contributed by atoms with Crippen LogP contribution in [0, 0.1) is 16.0 Å². The van der Waals surface area contributed by atoms with E-state index in [0.29, 0.717) is 50.6 Å². The molecule has 0 radical (unpaired) electrons. The summed E-state index contributed by atoms with van der Waals surface area (Å²) in [4.78, 5) is 55.1. The average molecular weight is 534 g/mol. The van der Waals surface area contributed by atoms with E-state index in [4.69, 9.17) is 0 Å². The van der Waals surface area contributed by atoms with Gasteiger partial charge in [0, 0.05) is 43.5 Å². The third kappa shape index (κ3) is 6.27. The van der Waals surface area contributed by atoms with E-state index >= 15 is 0 Å². The van der Waals surface area contributed by atoms with Gasteiger partial charge in [-0.1, -0.05) is 38.5 Å². The molecule has 39 heavy (non-hydrogen) atoms. The van der Waals surface area contributed by atoms with Crippen molar-refractivity contribution in [2.24, 2.45) is 5.92 Å². The van der Waals surface area contributed by atoms with Crippen molar-refractivity contribution in [3.8, 4) is 0 Å². The molecular formula is C29H35N5O5. The van der Waals surface area contributed by atoms with Crippen molar-refractivity contribution in [2.45, 2.75) is 38.6 Å². The number of likely N-dealkylation sites (tertiary alicyclic amines) is 1. The van der Waals surface area contributed by atoms with Gasteiger partial charge in [-0.05, 0) is 54.7 Å². The number of carbonyl (C=O) groups is 3. The second-order valence-electron chi connectivity index (χ2n) is 10.3. The number of piperidine rings is 1. The molecule has 2 saturated heterocycles. The zero-order valence-electron chi connectivity index (χ0n) is 22.4. The van der Waals surface area contributed by atoms with Crippen molar-refractivity contribution in [3.63, 3.8) is 0 Å². The zero-order chi connectivity index (χ0) is 28.0. The van der Waals surface area contributed by atoms with Crippen LogP contribution >= 0.6 is 0 Å². The van der Waals surface area contributed by atoms with Gasteiger partial charge in [0.15, 0.2) is 0 Å². The van der Waals surface area contributed by atoms with E-state index in [1.165, 1.54) is 18.2 Å². The summed E-state index contributed by atoms with van der Waals surface area (Å²) in [7, 11) is 0. The number of amides is 3. The Morgan fingerprint density at radius 3 is 2.38 bits per heavy atom. The first-order chi connectivity index (χ1) is 18.7. The molecule has 1 spiro atoms. The predicted octanol–water partition coefficient (Wildman–Crippen LogP) is 3.44. The van der Waals surface area contributed by atoms with Crippen molar-refractivity contribution < 1.29 is 19.3 Å². The third-order valence-electron chi connectivity index (χ3n) is 7.69. The summed E-state index contributed by atoms with van der Waals surface area (Å²) in [5.41, 5.74) is 0.764. The minimum atomic E-state index is -0.822. The number of nitrogens with one attached hydrogen (secondary N) is 1. The number of benzene rings is 2. The van der Waals surface area contributed by atoms with E-state index in [1.54, 1.807) is 28.0 Å². The quantitative estimate of drug-likeness (QED) is 0.300. The molecule has 2 aromatic carbocycles. The molecule has 206 valence electrons. The topological polar surface area (TPSA) is 116 Å². The predicted molar refractivity (Wildman–Crippen MR) is 149 cm³/mol. The van der Waals surface area contributed by atoms with Crippen LogP contribution in [0.2, 0.25) is 0 Å². The van der Waals surface area contributed by atoms with Crippen molar-refractivity contribution in [3.05, 3.63) is 76.4 Å². The van der Waals surface area contributed by atoms with Crippen LogP contribution in [0.4, 0.5) is 11.4 Å². The van der Waals surface area contributed by atoms with E-state index in [0.717, 1.165) is 12.1 Å². The highest BCUT2D eigenvalue weighted by Crippen LogP contribution is 2.39. The van der Waals surface area contributed by atoms with Crippen molar-refractivity contribution in [1.82, 2.24) is 15.1 Å². The zero-order valence-corrected chi connectivity index (χ0v) is 22.4. The van der Waals surface area contributed by atoms with Crippen molar-refractivity contribution in [1.29, 1.82) is 0 Å². The van der Waals surface area contributed by atoms with Gasteiger partial charge < -0.3 is 20.0 Å². The maximum absolute atomic E-state index is 13.8. The van der Waals surface area contributed by atoms with Crippen LogP contribution in [0.3, 0.4) is 0 Å². The van der Waals surface area contributed by atoms with E-state index in [2.05, 4.69) is 24.1 Å². The Morgan fingerprint density at radius 1 is 1.10 bits per heavy atom. The Labute approximate surface area is 228 Å². The van der Waals surface area contributed by atoms with Crippen LogP contribution < -0.4 is 10.2 Å². The highest BCUT2D eigenvalue weighted by Gasteiger charge is 2.54. The second kappa shape index (κ2) is 12.1. The Morgan fingerprint density at radius 2 is 1.77 bits per heavy atom. The molecule has 2 aromatic rings. The number of hydrogen-bond acceptors (Lipinski definition) is 6. The van der Waals surface area contributed by atoms with Crippen LogP contribution in [0.5, 0.6) is 0 Å². The van der Waals surface area contributed by atoms with Crippen LogP contribution in [0.25, 0.3) is 6.08 Å². The summed E-state index contributed by atoms with van der Waals surface area (Å²) in [6.07, 6.45) is 4.95. The van der Waals surface area contributed by atoms with Gasteiger partial charge in [-0.2, -0.15) is 0 Å². The molecule has 0 bridgehead atoms. The van der Waals surface area contributed by atoms with Crippen molar-refractivity contribution >= 4 is 35.2 Å². The summed E-state index contributed by atoms with van der Waals surface area (Å²) in [6.45, 7) is 5.83. The van der Waals surface area contributed by atoms with Gasteiger partial charge in [-0.25, -0.2) is 0 Å². The normalized spacial score (nSPS) is 17.6. The fraction of sp³-hybridized carbons (Fsp3) is 0.414. The number of nitrogens with zero attached hydrogens (tertiary/aromatic N) is 4. The number of anilines is 1. The first-order valence-corrected chi connectivity index (χ1v) is 13.3. The highest BCUT2D eigenvalue weighted by atomic mass is 16.6. The lowest BCUT2D eigenvalue weighted by molar-refractivity contribution is -0.384. The molecule has 1 atom stereocenters. The lowest BCUT2D eigenvalue weighted by Crippen LogP contribution is -2.57. The molecule has 2 aliphatic heterocycles. The molecule has 2 aliphatic rings. The molecule has 2 heterocycles. The fourth-order valence-electron chi connectivity index (χ4n) is 5.06. The van der Waals surface area contributed by atoms with Gasteiger partial charge in [0.25, 0.3) is 11.6 Å². The summed E-state index contributed by atoms with van der Waals surface area (Å²) < 4.78 is 0. The molecule has 1 unspecified atom stereocenters. The minimum Gasteiger partial charge on any atom is -0.354 e. The highest BCUT2D eigenvalue weighted by molar-refractivity contribution is 5.97. The monoisotopic (exact) mass is 533 g/mol. The fourth-order valence-corrected chi connectivity index (χ4v) is 5.06. The number of para-hydroxylation sites is 1. The van der Waals surface area contributed by atoms with Crippen LogP contribution in [-0.4, -0.2) is 70.8 Å². The van der Waals surface area contributed by atoms with E-state index in [1.807, 2.05) is 30.3 Å². The molecule has 0 aromatic heterocycles. The molecule has 10 nitrogen and oxygen atoms in total. The smallest absolute Gasteiger partial charge is 0.269 e. The first kappa shape index (κ1) is 27.8. The maximum atomic E-state index is 13.8. The maximum Gasteiger partial charge on any atom is 0.269 e.